The summed E-state index contributed by atoms with van der Waals surface area (Å²) in [5.74, 6) is 1.83. The highest BCUT2D eigenvalue weighted by Gasteiger charge is 2.28. The molecule has 1 aliphatic heterocycles. The fraction of sp³-hybridized carbons (Fsp3) is 0.462. The fourth-order valence-electron chi connectivity index (χ4n) is 4.66. The molecule has 0 spiro atoms. The van der Waals surface area contributed by atoms with Gasteiger partial charge in [0.25, 0.3) is 0 Å². The van der Waals surface area contributed by atoms with Crippen LogP contribution in [0.25, 0.3) is 22.3 Å². The molecule has 4 rings (SSSR count). The molecule has 7 heteroatoms. The molecular formula is C26H34N6O. The second kappa shape index (κ2) is 9.83. The van der Waals surface area contributed by atoms with E-state index in [2.05, 4.69) is 54.1 Å². The SMILES string of the molecule is CN(C)CC(C)(C)CNC(=O)C1CCN(c2nc(-c3cccnc3)nc3ccccc23)CC1. The van der Waals surface area contributed by atoms with Crippen molar-refractivity contribution in [3.63, 3.8) is 0 Å². The summed E-state index contributed by atoms with van der Waals surface area (Å²) >= 11 is 0. The number of hydrogen-bond donors (Lipinski definition) is 1. The van der Waals surface area contributed by atoms with Gasteiger partial charge in [0.1, 0.15) is 5.82 Å². The average molecular weight is 447 g/mol. The summed E-state index contributed by atoms with van der Waals surface area (Å²) < 4.78 is 0. The topological polar surface area (TPSA) is 74.2 Å². The molecule has 1 aromatic carbocycles. The molecule has 1 aliphatic rings. The summed E-state index contributed by atoms with van der Waals surface area (Å²) in [6.45, 7) is 7.60. The third-order valence-electron chi connectivity index (χ3n) is 6.15. The van der Waals surface area contributed by atoms with Gasteiger partial charge in [0.05, 0.1) is 5.52 Å². The lowest BCUT2D eigenvalue weighted by atomic mass is 9.91. The number of fused-ring (bicyclic) bond motifs is 1. The van der Waals surface area contributed by atoms with E-state index in [1.165, 1.54) is 0 Å². The van der Waals surface area contributed by atoms with E-state index >= 15 is 0 Å². The van der Waals surface area contributed by atoms with E-state index in [0.29, 0.717) is 12.4 Å². The van der Waals surface area contributed by atoms with Gasteiger partial charge in [-0.2, -0.15) is 0 Å². The van der Waals surface area contributed by atoms with E-state index < -0.39 is 0 Å². The smallest absolute Gasteiger partial charge is 0.223 e. The Kier molecular flexibility index (Phi) is 6.88. The summed E-state index contributed by atoms with van der Waals surface area (Å²) in [4.78, 5) is 31.2. The Hall–Kier alpha value is -3.06. The molecule has 174 valence electrons. The van der Waals surface area contributed by atoms with Crippen LogP contribution in [0.15, 0.2) is 48.8 Å². The van der Waals surface area contributed by atoms with Crippen molar-refractivity contribution >= 4 is 22.6 Å². The van der Waals surface area contributed by atoms with Crippen molar-refractivity contribution in [2.45, 2.75) is 26.7 Å². The molecular weight excluding hydrogens is 412 g/mol. The number of carbonyl (C=O) groups excluding carboxylic acids is 1. The molecule has 1 saturated heterocycles. The van der Waals surface area contributed by atoms with Crippen LogP contribution in [0.2, 0.25) is 0 Å². The summed E-state index contributed by atoms with van der Waals surface area (Å²) in [7, 11) is 4.13. The Labute approximate surface area is 196 Å². The third kappa shape index (κ3) is 5.66. The molecule has 3 heterocycles. The minimum absolute atomic E-state index is 0.0438. The number of aromatic nitrogens is 3. The van der Waals surface area contributed by atoms with Gasteiger partial charge in [-0.3, -0.25) is 9.78 Å². The molecule has 0 unspecified atom stereocenters. The second-order valence-electron chi connectivity index (χ2n) is 10.0. The predicted molar refractivity (Wildman–Crippen MR) is 133 cm³/mol. The van der Waals surface area contributed by atoms with Gasteiger partial charge >= 0.3 is 0 Å². The molecule has 0 bridgehead atoms. The first-order chi connectivity index (χ1) is 15.8. The van der Waals surface area contributed by atoms with Crippen LogP contribution in [0.1, 0.15) is 26.7 Å². The number of para-hydroxylation sites is 1. The zero-order valence-electron chi connectivity index (χ0n) is 20.1. The maximum atomic E-state index is 12.8. The maximum Gasteiger partial charge on any atom is 0.223 e. The van der Waals surface area contributed by atoms with Crippen molar-refractivity contribution in [3.8, 4) is 11.4 Å². The van der Waals surface area contributed by atoms with E-state index in [1.807, 2.05) is 30.3 Å². The van der Waals surface area contributed by atoms with Gasteiger partial charge < -0.3 is 15.1 Å². The van der Waals surface area contributed by atoms with Crippen LogP contribution >= 0.6 is 0 Å². The zero-order valence-corrected chi connectivity index (χ0v) is 20.1. The molecule has 33 heavy (non-hydrogen) atoms. The first-order valence-corrected chi connectivity index (χ1v) is 11.7. The summed E-state index contributed by atoms with van der Waals surface area (Å²) in [5, 5.41) is 4.24. The minimum atomic E-state index is 0.0438. The molecule has 2 aromatic heterocycles. The van der Waals surface area contributed by atoms with Gasteiger partial charge in [-0.05, 0) is 56.6 Å². The lowest BCUT2D eigenvalue weighted by Gasteiger charge is -2.34. The number of nitrogens with one attached hydrogen (secondary N) is 1. The number of nitrogens with zero attached hydrogens (tertiary/aromatic N) is 5. The number of anilines is 1. The molecule has 1 fully saturated rings. The van der Waals surface area contributed by atoms with Gasteiger partial charge in [-0.15, -0.1) is 0 Å². The van der Waals surface area contributed by atoms with Crippen LogP contribution in [-0.4, -0.2) is 66.0 Å². The molecule has 0 radical (unpaired) electrons. The largest absolute Gasteiger partial charge is 0.356 e. The molecule has 1 amide bonds. The Bertz CT molecular complexity index is 1090. The van der Waals surface area contributed by atoms with Crippen molar-refractivity contribution in [2.24, 2.45) is 11.3 Å². The van der Waals surface area contributed by atoms with Gasteiger partial charge in [0, 0.05) is 55.4 Å². The predicted octanol–water partition coefficient (Wildman–Crippen LogP) is 3.61. The number of amides is 1. The van der Waals surface area contributed by atoms with Gasteiger partial charge in [0.2, 0.25) is 5.91 Å². The molecule has 7 nitrogen and oxygen atoms in total. The Morgan fingerprint density at radius 3 is 2.58 bits per heavy atom. The van der Waals surface area contributed by atoms with Crippen LogP contribution in [0.3, 0.4) is 0 Å². The van der Waals surface area contributed by atoms with E-state index in [4.69, 9.17) is 9.97 Å². The van der Waals surface area contributed by atoms with Crippen molar-refractivity contribution < 1.29 is 4.79 Å². The Balaban J connectivity index is 1.46. The second-order valence-corrected chi connectivity index (χ2v) is 10.0. The van der Waals surface area contributed by atoms with Gasteiger partial charge in [-0.25, -0.2) is 9.97 Å². The number of carbonyl (C=O) groups is 1. The van der Waals surface area contributed by atoms with E-state index in [0.717, 1.165) is 54.8 Å². The van der Waals surface area contributed by atoms with E-state index in [1.54, 1.807) is 12.4 Å². The highest BCUT2D eigenvalue weighted by atomic mass is 16.1. The Morgan fingerprint density at radius 1 is 1.12 bits per heavy atom. The molecule has 0 saturated carbocycles. The maximum absolute atomic E-state index is 12.8. The lowest BCUT2D eigenvalue weighted by Crippen LogP contribution is -2.45. The average Bonchev–Trinajstić information content (AvgIpc) is 2.82. The van der Waals surface area contributed by atoms with E-state index in [9.17, 15) is 4.79 Å². The quantitative estimate of drug-likeness (QED) is 0.598. The standard InChI is InChI=1S/C26H34N6O/c1-26(2,18-31(3)4)17-28-25(33)19-11-14-32(15-12-19)24-21-9-5-6-10-22(21)29-23(30-24)20-8-7-13-27-16-20/h5-10,13,16,19H,11-12,14-15,17-18H2,1-4H3,(H,28,33). The van der Waals surface area contributed by atoms with Gasteiger partial charge in [-0.1, -0.05) is 26.0 Å². The van der Waals surface area contributed by atoms with Crippen molar-refractivity contribution in [3.05, 3.63) is 48.8 Å². The van der Waals surface area contributed by atoms with Crippen LogP contribution in [0, 0.1) is 11.3 Å². The van der Waals surface area contributed by atoms with Crippen molar-refractivity contribution in [2.75, 3.05) is 45.2 Å². The number of benzene rings is 1. The summed E-state index contributed by atoms with van der Waals surface area (Å²) in [6.07, 6.45) is 5.19. The number of hydrogen-bond acceptors (Lipinski definition) is 6. The highest BCUT2D eigenvalue weighted by molar-refractivity contribution is 5.91. The molecule has 1 N–H and O–H groups in total. The lowest BCUT2D eigenvalue weighted by molar-refractivity contribution is -0.126. The fourth-order valence-corrected chi connectivity index (χ4v) is 4.66. The van der Waals surface area contributed by atoms with Crippen LogP contribution < -0.4 is 10.2 Å². The first-order valence-electron chi connectivity index (χ1n) is 11.7. The monoisotopic (exact) mass is 446 g/mol. The molecule has 0 atom stereocenters. The van der Waals surface area contributed by atoms with Crippen LogP contribution in [-0.2, 0) is 4.79 Å². The summed E-state index contributed by atoms with van der Waals surface area (Å²) in [5.41, 5.74) is 1.87. The molecule has 3 aromatic rings. The van der Waals surface area contributed by atoms with Crippen molar-refractivity contribution in [1.82, 2.24) is 25.2 Å². The number of rotatable bonds is 7. The Morgan fingerprint density at radius 2 is 1.88 bits per heavy atom. The van der Waals surface area contributed by atoms with Crippen LogP contribution in [0.4, 0.5) is 5.82 Å². The van der Waals surface area contributed by atoms with Crippen molar-refractivity contribution in [1.29, 1.82) is 0 Å². The number of pyridine rings is 1. The number of piperidine rings is 1. The van der Waals surface area contributed by atoms with Crippen LogP contribution in [0.5, 0.6) is 0 Å². The third-order valence-corrected chi connectivity index (χ3v) is 6.15. The van der Waals surface area contributed by atoms with Gasteiger partial charge in [0.15, 0.2) is 5.82 Å². The zero-order chi connectivity index (χ0) is 23.4. The summed E-state index contributed by atoms with van der Waals surface area (Å²) in [6, 6.07) is 12.0. The molecule has 0 aliphatic carbocycles. The van der Waals surface area contributed by atoms with E-state index in [-0.39, 0.29) is 17.2 Å². The highest BCUT2D eigenvalue weighted by Crippen LogP contribution is 2.30. The minimum Gasteiger partial charge on any atom is -0.356 e. The first kappa shape index (κ1) is 23.1. The normalized spacial score (nSPS) is 15.2.